The molecule has 0 radical (unpaired) electrons. The molecule has 226 valence electrons. The van der Waals surface area contributed by atoms with Crippen LogP contribution >= 0.6 is 18.1 Å². The summed E-state index contributed by atoms with van der Waals surface area (Å²) >= 11 is 0. The van der Waals surface area contributed by atoms with E-state index >= 15 is 8.78 Å². The van der Waals surface area contributed by atoms with Gasteiger partial charge in [-0.15, -0.1) is 0 Å². The van der Waals surface area contributed by atoms with E-state index in [1.165, 1.54) is 24.3 Å². The molecule has 0 spiro atoms. The van der Waals surface area contributed by atoms with Crippen LogP contribution in [-0.2, 0) is 27.6 Å². The Kier molecular flexibility index (Phi) is 8.56. The van der Waals surface area contributed by atoms with Crippen LogP contribution in [0.1, 0.15) is 12.5 Å². The van der Waals surface area contributed by atoms with Gasteiger partial charge in [0.1, 0.15) is 23.9 Å². The monoisotopic (exact) mass is 629 g/mol. The molecule has 5 N–H and O–H groups in total. The molecular weight excluding hydrogens is 602 g/mol. The average molecular weight is 629 g/mol. The minimum absolute atomic E-state index is 0.00138. The summed E-state index contributed by atoms with van der Waals surface area (Å²) < 4.78 is 68.7. The topological polar surface area (TPSA) is 202 Å². The van der Waals surface area contributed by atoms with Crippen molar-refractivity contribution in [1.29, 1.82) is 0 Å². The predicted molar refractivity (Wildman–Crippen MR) is 147 cm³/mol. The van der Waals surface area contributed by atoms with Crippen molar-refractivity contribution in [3.8, 4) is 0 Å². The first-order chi connectivity index (χ1) is 20.4. The van der Waals surface area contributed by atoms with Crippen LogP contribution in [0.3, 0.4) is 0 Å². The molecule has 16 nitrogen and oxygen atoms in total. The molecule has 0 aliphatic carbocycles. The number of aromatic amines is 1. The fraction of sp³-hybridized carbons (Fsp3) is 0.500. The van der Waals surface area contributed by atoms with Gasteiger partial charge >= 0.3 is 0 Å². The number of nitrogens with two attached hydrogens (primary N) is 2. The van der Waals surface area contributed by atoms with E-state index in [-0.39, 0.29) is 42.8 Å². The highest BCUT2D eigenvalue weighted by Gasteiger charge is 2.47. The van der Waals surface area contributed by atoms with Crippen molar-refractivity contribution in [3.05, 3.63) is 35.3 Å². The van der Waals surface area contributed by atoms with E-state index in [0.717, 1.165) is 0 Å². The summed E-state index contributed by atoms with van der Waals surface area (Å²) in [7, 11) is 0.0345. The van der Waals surface area contributed by atoms with Crippen LogP contribution in [0.15, 0.2) is 29.7 Å². The maximum absolute atomic E-state index is 15.9. The number of imidazole rings is 1. The molecule has 2 aliphatic rings. The highest BCUT2D eigenvalue weighted by atomic mass is 31.1. The minimum Gasteiger partial charge on any atom is -0.383 e. The van der Waals surface area contributed by atoms with Gasteiger partial charge in [0.25, 0.3) is 5.56 Å². The second kappa shape index (κ2) is 12.3. The number of ether oxygens (including phenoxy) is 2. The number of rotatable bonds is 3. The number of nitrogen functional groups attached to an aromatic ring is 2. The van der Waals surface area contributed by atoms with E-state index < -0.39 is 66.6 Å². The fourth-order valence-electron chi connectivity index (χ4n) is 4.91. The molecule has 2 aliphatic heterocycles. The number of nitrogens with one attached hydrogen (secondary N) is 1. The Labute approximate surface area is 239 Å². The number of hydrogen-bond acceptors (Lipinski definition) is 13. The van der Waals surface area contributed by atoms with Crippen LogP contribution in [0.5, 0.6) is 0 Å². The van der Waals surface area contributed by atoms with Crippen LogP contribution in [0.4, 0.5) is 20.5 Å². The Balaban J connectivity index is 1.24. The smallest absolute Gasteiger partial charge is 0.280 e. The summed E-state index contributed by atoms with van der Waals surface area (Å²) in [6, 6.07) is 1.69. The normalized spacial score (nSPS) is 31.1. The molecule has 2 fully saturated rings. The Morgan fingerprint density at radius 3 is 2.67 bits per heavy atom. The lowest BCUT2D eigenvalue weighted by Crippen LogP contribution is -2.37. The second-order valence-corrected chi connectivity index (χ2v) is 10.9. The van der Waals surface area contributed by atoms with Crippen molar-refractivity contribution in [2.24, 2.45) is 5.92 Å². The van der Waals surface area contributed by atoms with Gasteiger partial charge in [0.15, 0.2) is 54.0 Å². The Bertz CT molecular complexity index is 1610. The Hall–Kier alpha value is -2.95. The molecule has 2 saturated heterocycles. The Morgan fingerprint density at radius 2 is 1.83 bits per heavy atom. The third-order valence-corrected chi connectivity index (χ3v) is 8.25. The molecule has 0 aromatic carbocycles. The van der Waals surface area contributed by atoms with Gasteiger partial charge in [-0.1, -0.05) is 0 Å². The van der Waals surface area contributed by atoms with E-state index in [9.17, 15) is 4.79 Å². The summed E-state index contributed by atoms with van der Waals surface area (Å²) in [5.41, 5.74) is 11.4. The average Bonchev–Trinajstić information content (AvgIpc) is 3.67. The number of H-pyrrole nitrogens is 1. The molecule has 9 atom stereocenters. The van der Waals surface area contributed by atoms with Gasteiger partial charge in [0, 0.05) is 19.2 Å². The highest BCUT2D eigenvalue weighted by molar-refractivity contribution is 7.26. The molecule has 0 bridgehead atoms. The molecular formula is C22H27F2N9O7P2. The summed E-state index contributed by atoms with van der Waals surface area (Å²) in [4.78, 5) is 31.0. The van der Waals surface area contributed by atoms with Crippen LogP contribution in [0.2, 0.25) is 0 Å². The van der Waals surface area contributed by atoms with E-state index in [1.807, 2.05) is 0 Å². The molecule has 6 rings (SSSR count). The molecule has 0 amide bonds. The zero-order chi connectivity index (χ0) is 29.4. The molecule has 2 unspecified atom stereocenters. The SMILES string of the molecule is CO[C@@H]1COPOC[C@H]2[C@H](F)[C@H](n3ccc4c(N)ncnc43)O[C@@H]2COPO[C@@H](n2cnc3c(=O)[nH]c(N)nc32)[C@H]1F. The molecule has 20 heteroatoms. The van der Waals surface area contributed by atoms with Gasteiger partial charge in [0.2, 0.25) is 5.95 Å². The number of aromatic nitrogens is 7. The number of halogens is 2. The standard InChI is InChI=1S/C22H27F2N9O7P2/c1-35-12-6-37-41-36-4-10-11(39-20(13(10)23)32-3-2-9-16(25)27-7-28-17(9)32)5-38-42-40-21(14(12)24)33-8-29-15-18(33)30-22(26)31-19(15)34/h2-3,7-8,10-14,20-21,41-42H,4-6H2,1H3,(H2,25,27,28)(H3,26,30,31,34)/t10-,11-,12-,13+,14+,20-,21-/m1/s1. The highest BCUT2D eigenvalue weighted by Crippen LogP contribution is 2.41. The first-order valence-corrected chi connectivity index (χ1v) is 14.3. The first kappa shape index (κ1) is 29.1. The minimum atomic E-state index is -1.83. The largest absolute Gasteiger partial charge is 0.383 e. The van der Waals surface area contributed by atoms with Crippen molar-refractivity contribution in [3.63, 3.8) is 0 Å². The van der Waals surface area contributed by atoms with Gasteiger partial charge in [-0.3, -0.25) is 14.3 Å². The zero-order valence-corrected chi connectivity index (χ0v) is 23.9. The van der Waals surface area contributed by atoms with Crippen molar-refractivity contribution in [2.45, 2.75) is 37.0 Å². The van der Waals surface area contributed by atoms with Crippen molar-refractivity contribution >= 4 is 52.0 Å². The summed E-state index contributed by atoms with van der Waals surface area (Å²) in [5.74, 6) is -0.661. The second-order valence-electron chi connectivity index (χ2n) is 9.49. The van der Waals surface area contributed by atoms with Gasteiger partial charge in [-0.05, 0) is 6.07 Å². The molecule has 6 heterocycles. The summed E-state index contributed by atoms with van der Waals surface area (Å²) in [5, 5.41) is 0.564. The molecule has 42 heavy (non-hydrogen) atoms. The Morgan fingerprint density at radius 1 is 1.02 bits per heavy atom. The zero-order valence-electron chi connectivity index (χ0n) is 21.9. The van der Waals surface area contributed by atoms with E-state index in [4.69, 9.17) is 39.0 Å². The quantitative estimate of drug-likeness (QED) is 0.276. The lowest BCUT2D eigenvalue weighted by atomic mass is 10.0. The number of anilines is 2. The number of hydrogen-bond donors (Lipinski definition) is 3. The van der Waals surface area contributed by atoms with Crippen LogP contribution in [0.25, 0.3) is 22.2 Å². The van der Waals surface area contributed by atoms with Crippen LogP contribution in [-0.4, -0.2) is 85.5 Å². The molecule has 4 aromatic heterocycles. The maximum atomic E-state index is 15.9. The van der Waals surface area contributed by atoms with E-state index in [1.54, 1.807) is 16.8 Å². The van der Waals surface area contributed by atoms with Crippen LogP contribution in [0, 0.1) is 5.92 Å². The van der Waals surface area contributed by atoms with Crippen LogP contribution < -0.4 is 17.0 Å². The molecule has 0 saturated carbocycles. The lowest BCUT2D eigenvalue weighted by Gasteiger charge is -2.28. The number of nitrogens with zero attached hydrogens (tertiary/aromatic N) is 6. The van der Waals surface area contributed by atoms with Crippen molar-refractivity contribution in [2.75, 3.05) is 38.4 Å². The van der Waals surface area contributed by atoms with Gasteiger partial charge in [-0.2, -0.15) is 4.98 Å². The fourth-order valence-corrected chi connectivity index (χ4v) is 6.13. The third kappa shape index (κ3) is 5.44. The first-order valence-electron chi connectivity index (χ1n) is 12.6. The van der Waals surface area contributed by atoms with Crippen molar-refractivity contribution in [1.82, 2.24) is 34.1 Å². The number of methoxy groups -OCH3 is 1. The maximum Gasteiger partial charge on any atom is 0.280 e. The van der Waals surface area contributed by atoms with E-state index in [0.29, 0.717) is 11.0 Å². The lowest BCUT2D eigenvalue weighted by molar-refractivity contribution is -0.0681. The van der Waals surface area contributed by atoms with Gasteiger partial charge < -0.3 is 43.6 Å². The summed E-state index contributed by atoms with van der Waals surface area (Å²) in [6.07, 6.45) is -3.52. The number of fused-ring (bicyclic) bond motifs is 3. The van der Waals surface area contributed by atoms with E-state index in [2.05, 4.69) is 24.9 Å². The predicted octanol–water partition coefficient (Wildman–Crippen LogP) is 1.53. The molecule has 4 aromatic rings. The number of alkyl halides is 2. The summed E-state index contributed by atoms with van der Waals surface area (Å²) in [6.45, 7) is -0.367. The third-order valence-electron chi connectivity index (χ3n) is 7.06. The van der Waals surface area contributed by atoms with Crippen molar-refractivity contribution < 1.29 is 36.3 Å². The van der Waals surface area contributed by atoms with Gasteiger partial charge in [-0.25, -0.2) is 23.7 Å². The van der Waals surface area contributed by atoms with Gasteiger partial charge in [0.05, 0.1) is 37.6 Å².